The van der Waals surface area contributed by atoms with Gasteiger partial charge in [0.1, 0.15) is 17.5 Å². The second-order valence-electron chi connectivity index (χ2n) is 4.76. The summed E-state index contributed by atoms with van der Waals surface area (Å²) in [6, 6.07) is 8.95. The van der Waals surface area contributed by atoms with Crippen molar-refractivity contribution in [2.24, 2.45) is 5.73 Å². The number of nitrogens with zero attached hydrogens (tertiary/aromatic N) is 1. The van der Waals surface area contributed by atoms with Gasteiger partial charge in [-0.05, 0) is 25.1 Å². The van der Waals surface area contributed by atoms with Gasteiger partial charge in [0.2, 0.25) is 0 Å². The first kappa shape index (κ1) is 15.4. The minimum absolute atomic E-state index is 0.214. The lowest BCUT2D eigenvalue weighted by atomic mass is 10.1. The zero-order valence-electron chi connectivity index (χ0n) is 11.7. The molecule has 0 aliphatic heterocycles. The van der Waals surface area contributed by atoms with E-state index >= 15 is 0 Å². The van der Waals surface area contributed by atoms with Gasteiger partial charge in [-0.1, -0.05) is 18.2 Å². The fourth-order valence-corrected chi connectivity index (χ4v) is 2.24. The van der Waals surface area contributed by atoms with Gasteiger partial charge in [0.05, 0.1) is 11.7 Å². The highest BCUT2D eigenvalue weighted by Gasteiger charge is 2.17. The summed E-state index contributed by atoms with van der Waals surface area (Å²) < 4.78 is 40.4. The summed E-state index contributed by atoms with van der Waals surface area (Å²) in [7, 11) is 0. The van der Waals surface area contributed by atoms with Gasteiger partial charge < -0.3 is 10.6 Å². The van der Waals surface area contributed by atoms with Gasteiger partial charge in [0.25, 0.3) is 0 Å². The number of para-hydroxylation sites is 1. The Hall–Kier alpha value is -2.01. The van der Waals surface area contributed by atoms with Gasteiger partial charge in [-0.25, -0.2) is 13.2 Å². The monoisotopic (exact) mass is 294 g/mol. The van der Waals surface area contributed by atoms with Crippen LogP contribution in [0.3, 0.4) is 0 Å². The van der Waals surface area contributed by atoms with Crippen molar-refractivity contribution in [1.29, 1.82) is 0 Å². The first-order valence-corrected chi connectivity index (χ1v) is 6.73. The molecule has 2 aromatic carbocycles. The molecule has 0 aromatic heterocycles. The van der Waals surface area contributed by atoms with Crippen molar-refractivity contribution in [2.45, 2.75) is 13.0 Å². The summed E-state index contributed by atoms with van der Waals surface area (Å²) in [5.74, 6) is -1.69. The predicted molar refractivity (Wildman–Crippen MR) is 77.6 cm³/mol. The molecule has 0 amide bonds. The summed E-state index contributed by atoms with van der Waals surface area (Å²) in [4.78, 5) is 1.72. The number of likely N-dealkylation sites (N-methyl/N-ethyl adjacent to an activating group) is 1. The van der Waals surface area contributed by atoms with Crippen LogP contribution in [0.5, 0.6) is 0 Å². The van der Waals surface area contributed by atoms with Crippen LogP contribution in [-0.2, 0) is 0 Å². The molecule has 2 aromatic rings. The summed E-state index contributed by atoms with van der Waals surface area (Å²) in [6.45, 7) is 2.62. The smallest absolute Gasteiger partial charge is 0.146 e. The van der Waals surface area contributed by atoms with E-state index in [-0.39, 0.29) is 17.9 Å². The first-order valence-electron chi connectivity index (χ1n) is 6.73. The molecule has 2 N–H and O–H groups in total. The Bertz CT molecular complexity index is 616. The Labute approximate surface area is 122 Å². The molecule has 5 heteroatoms. The molecule has 0 spiro atoms. The quantitative estimate of drug-likeness (QED) is 0.912. The molecule has 112 valence electrons. The molecule has 0 heterocycles. The Morgan fingerprint density at radius 3 is 2.38 bits per heavy atom. The average Bonchev–Trinajstić information content (AvgIpc) is 2.45. The van der Waals surface area contributed by atoms with Gasteiger partial charge in [0.15, 0.2) is 0 Å². The highest BCUT2D eigenvalue weighted by atomic mass is 19.1. The Kier molecular flexibility index (Phi) is 4.85. The van der Waals surface area contributed by atoms with Gasteiger partial charge in [-0.2, -0.15) is 0 Å². The van der Waals surface area contributed by atoms with E-state index in [4.69, 9.17) is 5.73 Å². The topological polar surface area (TPSA) is 29.3 Å². The van der Waals surface area contributed by atoms with Gasteiger partial charge >= 0.3 is 0 Å². The molecule has 0 aliphatic carbocycles. The highest BCUT2D eigenvalue weighted by Crippen LogP contribution is 2.23. The maximum atomic E-state index is 13.8. The van der Waals surface area contributed by atoms with E-state index in [9.17, 15) is 13.2 Å². The molecule has 0 bridgehead atoms. The van der Waals surface area contributed by atoms with Crippen LogP contribution < -0.4 is 10.6 Å². The molecule has 0 fully saturated rings. The lowest BCUT2D eigenvalue weighted by Gasteiger charge is -2.27. The third-order valence-corrected chi connectivity index (χ3v) is 3.35. The molecule has 0 aliphatic rings. The van der Waals surface area contributed by atoms with E-state index in [1.54, 1.807) is 23.1 Å². The van der Waals surface area contributed by atoms with E-state index in [2.05, 4.69) is 0 Å². The van der Waals surface area contributed by atoms with E-state index < -0.39 is 17.7 Å². The van der Waals surface area contributed by atoms with Crippen molar-refractivity contribution in [1.82, 2.24) is 0 Å². The molecular weight excluding hydrogens is 277 g/mol. The van der Waals surface area contributed by atoms with E-state index in [1.165, 1.54) is 12.1 Å². The lowest BCUT2D eigenvalue weighted by molar-refractivity contribution is 0.549. The minimum Gasteiger partial charge on any atom is -0.368 e. The van der Waals surface area contributed by atoms with Crippen LogP contribution in [0.1, 0.15) is 18.5 Å². The van der Waals surface area contributed by atoms with Crippen LogP contribution in [0, 0.1) is 17.5 Å². The maximum absolute atomic E-state index is 13.8. The number of nitrogens with two attached hydrogens (primary N) is 1. The van der Waals surface area contributed by atoms with Crippen LogP contribution >= 0.6 is 0 Å². The minimum atomic E-state index is -0.688. The summed E-state index contributed by atoms with van der Waals surface area (Å²) >= 11 is 0. The number of anilines is 1. The van der Waals surface area contributed by atoms with E-state index in [1.807, 2.05) is 6.92 Å². The second kappa shape index (κ2) is 6.63. The Morgan fingerprint density at radius 1 is 1.05 bits per heavy atom. The average molecular weight is 294 g/mol. The van der Waals surface area contributed by atoms with E-state index in [0.717, 1.165) is 12.1 Å². The molecule has 0 saturated carbocycles. The zero-order valence-corrected chi connectivity index (χ0v) is 11.7. The molecule has 2 rings (SSSR count). The van der Waals surface area contributed by atoms with Crippen LogP contribution in [0.15, 0.2) is 42.5 Å². The molecule has 1 unspecified atom stereocenters. The standard InChI is InChI=1S/C16H17F3N2/c1-2-21(16-6-4-3-5-13(16)18)10-15(20)12-8-7-11(17)9-14(12)19/h3-9,15H,2,10,20H2,1H3. The summed E-state index contributed by atoms with van der Waals surface area (Å²) in [5.41, 5.74) is 6.61. The normalized spacial score (nSPS) is 12.2. The fourth-order valence-electron chi connectivity index (χ4n) is 2.24. The Balaban J connectivity index is 2.20. The molecule has 2 nitrogen and oxygen atoms in total. The maximum Gasteiger partial charge on any atom is 0.146 e. The number of hydrogen-bond acceptors (Lipinski definition) is 2. The van der Waals surface area contributed by atoms with Crippen molar-refractivity contribution in [3.8, 4) is 0 Å². The second-order valence-corrected chi connectivity index (χ2v) is 4.76. The third kappa shape index (κ3) is 3.55. The molecule has 0 radical (unpaired) electrons. The lowest BCUT2D eigenvalue weighted by Crippen LogP contribution is -2.33. The predicted octanol–water partition coefficient (Wildman–Crippen LogP) is 3.63. The summed E-state index contributed by atoms with van der Waals surface area (Å²) in [5, 5.41) is 0. The Morgan fingerprint density at radius 2 is 1.76 bits per heavy atom. The van der Waals surface area contributed by atoms with Gasteiger partial charge in [0, 0.05) is 24.7 Å². The highest BCUT2D eigenvalue weighted by molar-refractivity contribution is 5.48. The zero-order chi connectivity index (χ0) is 15.4. The number of hydrogen-bond donors (Lipinski definition) is 1. The van der Waals surface area contributed by atoms with Gasteiger partial charge in [-0.3, -0.25) is 0 Å². The molecule has 1 atom stereocenters. The van der Waals surface area contributed by atoms with Crippen molar-refractivity contribution >= 4 is 5.69 Å². The van der Waals surface area contributed by atoms with Crippen molar-refractivity contribution in [3.63, 3.8) is 0 Å². The van der Waals surface area contributed by atoms with Crippen LogP contribution in [0.4, 0.5) is 18.9 Å². The fraction of sp³-hybridized carbons (Fsp3) is 0.250. The number of benzene rings is 2. The molecule has 0 saturated heterocycles. The van der Waals surface area contributed by atoms with Crippen LogP contribution in [0.25, 0.3) is 0 Å². The summed E-state index contributed by atoms with van der Waals surface area (Å²) in [6.07, 6.45) is 0. The van der Waals surface area contributed by atoms with Crippen molar-refractivity contribution in [2.75, 3.05) is 18.0 Å². The number of halogens is 3. The van der Waals surface area contributed by atoms with Crippen LogP contribution in [0.2, 0.25) is 0 Å². The molecular formula is C16H17F3N2. The van der Waals surface area contributed by atoms with Crippen LogP contribution in [-0.4, -0.2) is 13.1 Å². The van der Waals surface area contributed by atoms with Crippen molar-refractivity contribution < 1.29 is 13.2 Å². The largest absolute Gasteiger partial charge is 0.368 e. The van der Waals surface area contributed by atoms with Crippen molar-refractivity contribution in [3.05, 3.63) is 65.5 Å². The number of rotatable bonds is 5. The molecule has 21 heavy (non-hydrogen) atoms. The van der Waals surface area contributed by atoms with E-state index in [0.29, 0.717) is 12.2 Å². The van der Waals surface area contributed by atoms with Gasteiger partial charge in [-0.15, -0.1) is 0 Å². The SMILES string of the molecule is CCN(CC(N)c1ccc(F)cc1F)c1ccccc1F. The first-order chi connectivity index (χ1) is 10.0. The third-order valence-electron chi connectivity index (χ3n) is 3.35.